The number of halogens is 1. The second kappa shape index (κ2) is 7.09. The van der Waals surface area contributed by atoms with E-state index in [-0.39, 0.29) is 5.82 Å². The Kier molecular flexibility index (Phi) is 4.89. The number of aromatic nitrogens is 3. The van der Waals surface area contributed by atoms with Gasteiger partial charge in [-0.15, -0.1) is 0 Å². The molecule has 1 aliphatic heterocycles. The van der Waals surface area contributed by atoms with Crippen molar-refractivity contribution in [2.75, 3.05) is 44.0 Å². The molecule has 1 unspecified atom stereocenters. The summed E-state index contributed by atoms with van der Waals surface area (Å²) in [6, 6.07) is 4.04. The third kappa shape index (κ3) is 3.62. The first-order chi connectivity index (χ1) is 11.5. The van der Waals surface area contributed by atoms with Crippen molar-refractivity contribution < 1.29 is 4.39 Å². The smallest absolute Gasteiger partial charge is 0.226 e. The van der Waals surface area contributed by atoms with E-state index in [1.807, 2.05) is 25.1 Å². The molecule has 1 fully saturated rings. The Hall–Kier alpha value is -2.28. The van der Waals surface area contributed by atoms with Gasteiger partial charge in [-0.1, -0.05) is 0 Å². The summed E-state index contributed by atoms with van der Waals surface area (Å²) in [6.45, 7) is 2.45. The summed E-state index contributed by atoms with van der Waals surface area (Å²) in [4.78, 5) is 19.0. The average Bonchev–Trinajstić information content (AvgIpc) is 3.05. The van der Waals surface area contributed by atoms with E-state index >= 15 is 0 Å². The number of anilines is 2. The van der Waals surface area contributed by atoms with E-state index in [2.05, 4.69) is 31.8 Å². The summed E-state index contributed by atoms with van der Waals surface area (Å²) in [5.74, 6) is 1.38. The maximum absolute atomic E-state index is 13.8. The predicted octanol–water partition coefficient (Wildman–Crippen LogP) is 1.79. The first kappa shape index (κ1) is 16.6. The van der Waals surface area contributed by atoms with Gasteiger partial charge in [-0.2, -0.15) is 4.98 Å². The summed E-state index contributed by atoms with van der Waals surface area (Å²) in [7, 11) is 5.92. The minimum absolute atomic E-state index is 0.235. The molecule has 24 heavy (non-hydrogen) atoms. The quantitative estimate of drug-likeness (QED) is 0.833. The Bertz CT molecular complexity index is 692. The first-order valence-corrected chi connectivity index (χ1v) is 8.08. The van der Waals surface area contributed by atoms with Crippen LogP contribution in [0.25, 0.3) is 0 Å². The van der Waals surface area contributed by atoms with Crippen LogP contribution in [0.1, 0.15) is 12.0 Å². The van der Waals surface area contributed by atoms with Gasteiger partial charge in [0, 0.05) is 64.8 Å². The van der Waals surface area contributed by atoms with Crippen LogP contribution in [-0.4, -0.2) is 60.1 Å². The first-order valence-electron chi connectivity index (χ1n) is 8.08. The van der Waals surface area contributed by atoms with Crippen molar-refractivity contribution in [1.82, 2.24) is 19.9 Å². The Labute approximate surface area is 142 Å². The summed E-state index contributed by atoms with van der Waals surface area (Å²) >= 11 is 0. The summed E-state index contributed by atoms with van der Waals surface area (Å²) in [5, 5.41) is 0. The molecule has 1 aliphatic rings. The van der Waals surface area contributed by atoms with Crippen LogP contribution >= 0.6 is 0 Å². The lowest BCUT2D eigenvalue weighted by molar-refractivity contribution is 0.320. The van der Waals surface area contributed by atoms with Gasteiger partial charge in [0.25, 0.3) is 0 Å². The SMILES string of the molecule is CN(C)c1nccc(N(C)C2CCN(Cc3ccncc3F)C2)n1. The zero-order valence-electron chi connectivity index (χ0n) is 14.4. The lowest BCUT2D eigenvalue weighted by Crippen LogP contribution is -2.35. The van der Waals surface area contributed by atoms with Gasteiger partial charge in [-0.25, -0.2) is 9.37 Å². The lowest BCUT2D eigenvalue weighted by Gasteiger charge is -2.26. The molecule has 6 nitrogen and oxygen atoms in total. The van der Waals surface area contributed by atoms with Crippen LogP contribution < -0.4 is 9.80 Å². The van der Waals surface area contributed by atoms with Crippen molar-refractivity contribution in [1.29, 1.82) is 0 Å². The molecule has 0 saturated carbocycles. The van der Waals surface area contributed by atoms with Gasteiger partial charge in [0.2, 0.25) is 5.95 Å². The van der Waals surface area contributed by atoms with Gasteiger partial charge in [0.05, 0.1) is 6.20 Å². The van der Waals surface area contributed by atoms with Crippen LogP contribution in [0.5, 0.6) is 0 Å². The molecule has 2 aromatic rings. The predicted molar refractivity (Wildman–Crippen MR) is 92.6 cm³/mol. The van der Waals surface area contributed by atoms with E-state index in [0.717, 1.165) is 25.3 Å². The highest BCUT2D eigenvalue weighted by atomic mass is 19.1. The van der Waals surface area contributed by atoms with Crippen LogP contribution in [0.15, 0.2) is 30.7 Å². The highest BCUT2D eigenvalue weighted by Crippen LogP contribution is 2.22. The lowest BCUT2D eigenvalue weighted by atomic mass is 10.2. The van der Waals surface area contributed by atoms with E-state index in [4.69, 9.17) is 0 Å². The van der Waals surface area contributed by atoms with Gasteiger partial charge < -0.3 is 9.80 Å². The largest absolute Gasteiger partial charge is 0.355 e. The van der Waals surface area contributed by atoms with Crippen LogP contribution in [0.3, 0.4) is 0 Å². The molecular weight excluding hydrogens is 307 g/mol. The third-order valence-electron chi connectivity index (χ3n) is 4.44. The topological polar surface area (TPSA) is 48.4 Å². The third-order valence-corrected chi connectivity index (χ3v) is 4.44. The van der Waals surface area contributed by atoms with Crippen LogP contribution in [0, 0.1) is 5.82 Å². The van der Waals surface area contributed by atoms with Gasteiger partial charge in [0.1, 0.15) is 11.6 Å². The standard InChI is InChI=1S/C17H23FN6/c1-22(2)17-20-8-5-16(21-17)23(3)14-6-9-24(12-14)11-13-4-7-19-10-15(13)18/h4-5,7-8,10,14H,6,9,11-12H2,1-3H3. The minimum Gasteiger partial charge on any atom is -0.355 e. The number of likely N-dealkylation sites (N-methyl/N-ethyl adjacent to an activating group) is 1. The van der Waals surface area contributed by atoms with Gasteiger partial charge in [-0.05, 0) is 18.6 Å². The maximum atomic E-state index is 13.8. The number of rotatable bonds is 5. The van der Waals surface area contributed by atoms with E-state index in [0.29, 0.717) is 24.1 Å². The van der Waals surface area contributed by atoms with Crippen molar-refractivity contribution in [2.24, 2.45) is 0 Å². The van der Waals surface area contributed by atoms with E-state index in [1.54, 1.807) is 18.5 Å². The molecule has 0 aromatic carbocycles. The normalized spacial score (nSPS) is 17.9. The fourth-order valence-electron chi connectivity index (χ4n) is 2.98. The van der Waals surface area contributed by atoms with Crippen molar-refractivity contribution >= 4 is 11.8 Å². The van der Waals surface area contributed by atoms with E-state index in [9.17, 15) is 4.39 Å². The maximum Gasteiger partial charge on any atom is 0.226 e. The van der Waals surface area contributed by atoms with Crippen molar-refractivity contribution in [3.05, 3.63) is 42.1 Å². The number of nitrogens with zero attached hydrogens (tertiary/aromatic N) is 6. The van der Waals surface area contributed by atoms with Gasteiger partial charge >= 0.3 is 0 Å². The summed E-state index contributed by atoms with van der Waals surface area (Å²) in [6.07, 6.45) is 5.73. The molecule has 1 atom stereocenters. The molecule has 7 heteroatoms. The average molecular weight is 330 g/mol. The van der Waals surface area contributed by atoms with Gasteiger partial charge in [0.15, 0.2) is 0 Å². The summed E-state index contributed by atoms with van der Waals surface area (Å²) < 4.78 is 13.8. The molecule has 0 bridgehead atoms. The number of pyridine rings is 1. The molecule has 2 aromatic heterocycles. The zero-order valence-corrected chi connectivity index (χ0v) is 14.4. The molecule has 0 amide bonds. The Balaban J connectivity index is 1.65. The molecule has 0 spiro atoms. The van der Waals surface area contributed by atoms with Gasteiger partial charge in [-0.3, -0.25) is 9.88 Å². The van der Waals surface area contributed by atoms with Crippen molar-refractivity contribution in [2.45, 2.75) is 19.0 Å². The molecular formula is C17H23FN6. The van der Waals surface area contributed by atoms with Crippen molar-refractivity contribution in [3.63, 3.8) is 0 Å². The Morgan fingerprint density at radius 2 is 2.08 bits per heavy atom. The highest BCUT2D eigenvalue weighted by molar-refractivity contribution is 5.43. The van der Waals surface area contributed by atoms with Crippen LogP contribution in [0.4, 0.5) is 16.2 Å². The van der Waals surface area contributed by atoms with Crippen molar-refractivity contribution in [3.8, 4) is 0 Å². The van der Waals surface area contributed by atoms with E-state index in [1.165, 1.54) is 6.20 Å². The van der Waals surface area contributed by atoms with E-state index < -0.39 is 0 Å². The minimum atomic E-state index is -0.235. The molecule has 0 aliphatic carbocycles. The number of hydrogen-bond acceptors (Lipinski definition) is 6. The Morgan fingerprint density at radius 3 is 2.83 bits per heavy atom. The second-order valence-electron chi connectivity index (χ2n) is 6.36. The zero-order chi connectivity index (χ0) is 17.1. The molecule has 0 N–H and O–H groups in total. The van der Waals surface area contributed by atoms with Crippen LogP contribution in [-0.2, 0) is 6.54 Å². The molecule has 128 valence electrons. The fourth-order valence-corrected chi connectivity index (χ4v) is 2.98. The molecule has 3 heterocycles. The molecule has 1 saturated heterocycles. The van der Waals surface area contributed by atoms with Crippen LogP contribution in [0.2, 0.25) is 0 Å². The number of hydrogen-bond donors (Lipinski definition) is 0. The molecule has 0 radical (unpaired) electrons. The molecule has 3 rings (SSSR count). The Morgan fingerprint density at radius 1 is 1.25 bits per heavy atom. The monoisotopic (exact) mass is 330 g/mol. The highest BCUT2D eigenvalue weighted by Gasteiger charge is 2.27. The summed E-state index contributed by atoms with van der Waals surface area (Å²) in [5.41, 5.74) is 0.699. The fraction of sp³-hybridized carbons (Fsp3) is 0.471. The second-order valence-corrected chi connectivity index (χ2v) is 6.36. The number of likely N-dealkylation sites (tertiary alicyclic amines) is 1.